The maximum atomic E-state index is 5.80. The van der Waals surface area contributed by atoms with Crippen LogP contribution >= 0.6 is 0 Å². The van der Waals surface area contributed by atoms with Gasteiger partial charge in [0.2, 0.25) is 0 Å². The second-order valence-corrected chi connectivity index (χ2v) is 4.99. The van der Waals surface area contributed by atoms with Gasteiger partial charge < -0.3 is 4.90 Å². The fraction of sp³-hybridized carbons (Fsp3) is 0.643. The van der Waals surface area contributed by atoms with Crippen LogP contribution in [-0.4, -0.2) is 35.6 Å². The monoisotopic (exact) mass is 250 g/mol. The molecule has 1 unspecified atom stereocenters. The molecule has 18 heavy (non-hydrogen) atoms. The molecule has 1 aromatic rings. The van der Waals surface area contributed by atoms with Crippen molar-refractivity contribution in [2.45, 2.75) is 44.7 Å². The molecule has 0 aliphatic carbocycles. The third-order valence-electron chi connectivity index (χ3n) is 4.13. The van der Waals surface area contributed by atoms with Gasteiger partial charge in [-0.25, -0.2) is 0 Å². The number of hydrogen-bond acceptors (Lipinski definition) is 4. The highest BCUT2D eigenvalue weighted by Gasteiger charge is 2.37. The minimum absolute atomic E-state index is 0.0740. The first-order chi connectivity index (χ1) is 8.60. The minimum Gasteiger partial charge on any atom is -0.302 e. The van der Waals surface area contributed by atoms with Crippen LogP contribution in [0.15, 0.2) is 24.5 Å². The van der Waals surface area contributed by atoms with E-state index in [4.69, 9.17) is 5.84 Å². The average molecular weight is 250 g/mol. The number of hydrogen-bond donors (Lipinski definition) is 2. The lowest BCUT2D eigenvalue weighted by molar-refractivity contribution is 0.0882. The molecule has 102 valence electrons. The summed E-state index contributed by atoms with van der Waals surface area (Å²) < 4.78 is 0. The molecule has 0 fully saturated rings. The van der Waals surface area contributed by atoms with Crippen molar-refractivity contribution in [3.05, 3.63) is 30.1 Å². The Labute approximate surface area is 111 Å². The van der Waals surface area contributed by atoms with Crippen LogP contribution < -0.4 is 11.3 Å². The van der Waals surface area contributed by atoms with Gasteiger partial charge in [0.25, 0.3) is 0 Å². The molecule has 0 aliphatic heterocycles. The molecule has 0 saturated heterocycles. The molecular weight excluding hydrogens is 224 g/mol. The van der Waals surface area contributed by atoms with Crippen molar-refractivity contribution < 1.29 is 0 Å². The molecule has 1 atom stereocenters. The summed E-state index contributed by atoms with van der Waals surface area (Å²) in [6.45, 7) is 4.44. The molecule has 1 aromatic heterocycles. The average Bonchev–Trinajstić information content (AvgIpc) is 2.40. The Morgan fingerprint density at radius 1 is 1.39 bits per heavy atom. The third-order valence-corrected chi connectivity index (χ3v) is 4.13. The van der Waals surface area contributed by atoms with Gasteiger partial charge in [0.15, 0.2) is 0 Å². The lowest BCUT2D eigenvalue weighted by atomic mass is 9.80. The number of rotatable bonds is 7. The first-order valence-corrected chi connectivity index (χ1v) is 6.63. The van der Waals surface area contributed by atoms with Gasteiger partial charge in [-0.2, -0.15) is 0 Å². The van der Waals surface area contributed by atoms with Gasteiger partial charge in [-0.3, -0.25) is 16.3 Å². The highest BCUT2D eigenvalue weighted by molar-refractivity contribution is 5.13. The molecule has 0 amide bonds. The Hall–Kier alpha value is -0.970. The van der Waals surface area contributed by atoms with Crippen molar-refractivity contribution in [1.29, 1.82) is 0 Å². The summed E-state index contributed by atoms with van der Waals surface area (Å²) in [6, 6.07) is 4.29. The first-order valence-electron chi connectivity index (χ1n) is 6.63. The van der Waals surface area contributed by atoms with Crippen LogP contribution in [0.2, 0.25) is 0 Å². The van der Waals surface area contributed by atoms with E-state index >= 15 is 0 Å². The molecule has 1 rings (SSSR count). The first kappa shape index (κ1) is 15.1. The SMILES string of the molecule is CCC(CC)(C(Cc1cccnc1)NN)N(C)C. The summed E-state index contributed by atoms with van der Waals surface area (Å²) in [6.07, 6.45) is 6.73. The van der Waals surface area contributed by atoms with Crippen LogP contribution in [0.1, 0.15) is 32.3 Å². The van der Waals surface area contributed by atoms with Crippen molar-refractivity contribution in [3.8, 4) is 0 Å². The van der Waals surface area contributed by atoms with Gasteiger partial charge >= 0.3 is 0 Å². The lowest BCUT2D eigenvalue weighted by Gasteiger charge is -2.45. The van der Waals surface area contributed by atoms with Crippen LogP contribution in [0.5, 0.6) is 0 Å². The van der Waals surface area contributed by atoms with E-state index in [1.165, 1.54) is 5.56 Å². The summed E-state index contributed by atoms with van der Waals surface area (Å²) in [5.74, 6) is 5.80. The number of likely N-dealkylation sites (N-methyl/N-ethyl adjacent to an activating group) is 1. The maximum Gasteiger partial charge on any atom is 0.0435 e. The second kappa shape index (κ2) is 6.83. The highest BCUT2D eigenvalue weighted by atomic mass is 15.3. The summed E-state index contributed by atoms with van der Waals surface area (Å²) >= 11 is 0. The fourth-order valence-electron chi connectivity index (χ4n) is 2.85. The van der Waals surface area contributed by atoms with E-state index < -0.39 is 0 Å². The Morgan fingerprint density at radius 2 is 2.06 bits per heavy atom. The molecule has 4 nitrogen and oxygen atoms in total. The van der Waals surface area contributed by atoms with E-state index in [0.29, 0.717) is 0 Å². The van der Waals surface area contributed by atoms with E-state index in [9.17, 15) is 0 Å². The summed E-state index contributed by atoms with van der Waals surface area (Å²) in [4.78, 5) is 6.45. The largest absolute Gasteiger partial charge is 0.302 e. The van der Waals surface area contributed by atoms with Crippen LogP contribution in [0.25, 0.3) is 0 Å². The molecule has 0 aromatic carbocycles. The minimum atomic E-state index is 0.0740. The predicted octanol–water partition coefficient (Wildman–Crippen LogP) is 1.58. The third kappa shape index (κ3) is 3.07. The van der Waals surface area contributed by atoms with Crippen molar-refractivity contribution in [1.82, 2.24) is 15.3 Å². The molecule has 1 heterocycles. The van der Waals surface area contributed by atoms with E-state index in [1.807, 2.05) is 12.3 Å². The van der Waals surface area contributed by atoms with E-state index in [-0.39, 0.29) is 11.6 Å². The van der Waals surface area contributed by atoms with Gasteiger partial charge in [-0.1, -0.05) is 19.9 Å². The number of nitrogens with one attached hydrogen (secondary N) is 1. The number of hydrazine groups is 1. The maximum absolute atomic E-state index is 5.80. The van der Waals surface area contributed by atoms with Gasteiger partial charge in [0.05, 0.1) is 0 Å². The van der Waals surface area contributed by atoms with Crippen molar-refractivity contribution in [2.75, 3.05) is 14.1 Å². The molecule has 0 radical (unpaired) electrons. The number of nitrogens with two attached hydrogens (primary N) is 1. The van der Waals surface area contributed by atoms with Gasteiger partial charge in [0, 0.05) is 24.0 Å². The standard InChI is InChI=1S/C14H26N4/c1-5-14(6-2,18(3)4)13(17-15)10-12-8-7-9-16-11-12/h7-9,11,13,17H,5-6,10,15H2,1-4H3. The number of aromatic nitrogens is 1. The summed E-state index contributed by atoms with van der Waals surface area (Å²) in [5, 5.41) is 0. The fourth-order valence-corrected chi connectivity index (χ4v) is 2.85. The van der Waals surface area contributed by atoms with Crippen molar-refractivity contribution in [3.63, 3.8) is 0 Å². The zero-order valence-corrected chi connectivity index (χ0v) is 12.0. The summed E-state index contributed by atoms with van der Waals surface area (Å²) in [7, 11) is 4.25. The Bertz CT molecular complexity index is 333. The Kier molecular flexibility index (Phi) is 5.72. The van der Waals surface area contributed by atoms with Crippen LogP contribution in [0.4, 0.5) is 0 Å². The second-order valence-electron chi connectivity index (χ2n) is 4.99. The normalized spacial score (nSPS) is 13.9. The zero-order valence-electron chi connectivity index (χ0n) is 12.0. The van der Waals surface area contributed by atoms with Crippen molar-refractivity contribution >= 4 is 0 Å². The molecule has 0 spiro atoms. The molecule has 4 heteroatoms. The smallest absolute Gasteiger partial charge is 0.0435 e. The van der Waals surface area contributed by atoms with E-state index in [2.05, 4.69) is 49.3 Å². The number of nitrogens with zero attached hydrogens (tertiary/aromatic N) is 2. The molecule has 3 N–H and O–H groups in total. The number of pyridine rings is 1. The molecule has 0 bridgehead atoms. The van der Waals surface area contributed by atoms with Crippen LogP contribution in [0.3, 0.4) is 0 Å². The zero-order chi connectivity index (χ0) is 13.6. The van der Waals surface area contributed by atoms with Crippen molar-refractivity contribution in [2.24, 2.45) is 5.84 Å². The van der Waals surface area contributed by atoms with Gasteiger partial charge in [-0.05, 0) is 45.0 Å². The van der Waals surface area contributed by atoms with E-state index in [1.54, 1.807) is 6.20 Å². The summed E-state index contributed by atoms with van der Waals surface area (Å²) in [5.41, 5.74) is 4.30. The lowest BCUT2D eigenvalue weighted by Crippen LogP contribution is -2.61. The van der Waals surface area contributed by atoms with Crippen LogP contribution in [0, 0.1) is 0 Å². The quantitative estimate of drug-likeness (QED) is 0.570. The Morgan fingerprint density at radius 3 is 2.44 bits per heavy atom. The predicted molar refractivity (Wildman–Crippen MR) is 76.1 cm³/mol. The molecule has 0 saturated carbocycles. The van der Waals surface area contributed by atoms with E-state index in [0.717, 1.165) is 19.3 Å². The molecular formula is C14H26N4. The molecule has 0 aliphatic rings. The van der Waals surface area contributed by atoms with Crippen LogP contribution in [-0.2, 0) is 6.42 Å². The highest BCUT2D eigenvalue weighted by Crippen LogP contribution is 2.27. The van der Waals surface area contributed by atoms with Gasteiger partial charge in [0.1, 0.15) is 0 Å². The topological polar surface area (TPSA) is 54.2 Å². The Balaban J connectivity index is 2.93. The van der Waals surface area contributed by atoms with Gasteiger partial charge in [-0.15, -0.1) is 0 Å².